The standard InChI is InChI=1S/C20H25ClN4/c1-24(2)10-5-11-25-17-9-8-13(21)12-15(17)18-19(22)14-6-3-4-7-16(14)23-20(18)25/h8-9,12H,3-7,10-11H2,1-2H3,(H2,22,23). The molecule has 0 amide bonds. The predicted molar refractivity (Wildman–Crippen MR) is 106 cm³/mol. The molecule has 0 fully saturated rings. The number of hydrogen-bond donors (Lipinski definition) is 1. The van der Waals surface area contributed by atoms with Gasteiger partial charge in [-0.25, -0.2) is 4.98 Å². The van der Waals surface area contributed by atoms with Gasteiger partial charge in [0.05, 0.1) is 10.9 Å². The van der Waals surface area contributed by atoms with Crippen molar-refractivity contribution < 1.29 is 0 Å². The number of pyridine rings is 1. The fraction of sp³-hybridized carbons (Fsp3) is 0.450. The quantitative estimate of drug-likeness (QED) is 0.759. The molecule has 0 spiro atoms. The first-order valence-electron chi connectivity index (χ1n) is 9.09. The minimum atomic E-state index is 0.747. The molecule has 0 unspecified atom stereocenters. The third-order valence-corrected chi connectivity index (χ3v) is 5.49. The summed E-state index contributed by atoms with van der Waals surface area (Å²) in [4.78, 5) is 7.28. The zero-order valence-electron chi connectivity index (χ0n) is 15.0. The van der Waals surface area contributed by atoms with Crippen molar-refractivity contribution in [2.45, 2.75) is 38.6 Å². The lowest BCUT2D eigenvalue weighted by molar-refractivity contribution is 0.389. The van der Waals surface area contributed by atoms with Crippen molar-refractivity contribution in [2.75, 3.05) is 26.4 Å². The first-order valence-corrected chi connectivity index (χ1v) is 9.47. The van der Waals surface area contributed by atoms with Crippen LogP contribution in [0, 0.1) is 0 Å². The Balaban J connectivity index is 1.96. The van der Waals surface area contributed by atoms with E-state index in [1.54, 1.807) is 0 Å². The van der Waals surface area contributed by atoms with Crippen molar-refractivity contribution in [3.63, 3.8) is 0 Å². The van der Waals surface area contributed by atoms with E-state index in [4.69, 9.17) is 22.3 Å². The van der Waals surface area contributed by atoms with Crippen LogP contribution in [0.4, 0.5) is 5.69 Å². The highest BCUT2D eigenvalue weighted by Crippen LogP contribution is 2.38. The van der Waals surface area contributed by atoms with Crippen LogP contribution in [0.2, 0.25) is 5.02 Å². The van der Waals surface area contributed by atoms with Crippen LogP contribution in [-0.4, -0.2) is 35.1 Å². The molecule has 1 aromatic carbocycles. The van der Waals surface area contributed by atoms with Gasteiger partial charge in [0.2, 0.25) is 0 Å². The zero-order chi connectivity index (χ0) is 17.6. The number of rotatable bonds is 4. The normalized spacial score (nSPS) is 14.6. The van der Waals surface area contributed by atoms with Crippen LogP contribution >= 0.6 is 11.6 Å². The number of fused-ring (bicyclic) bond motifs is 4. The molecular weight excluding hydrogens is 332 g/mol. The molecule has 0 aliphatic heterocycles. The summed E-state index contributed by atoms with van der Waals surface area (Å²) in [5.41, 5.74) is 12.2. The molecule has 0 saturated heterocycles. The molecule has 4 rings (SSSR count). The monoisotopic (exact) mass is 356 g/mol. The number of aryl methyl sites for hydroxylation is 2. The van der Waals surface area contributed by atoms with E-state index < -0.39 is 0 Å². The summed E-state index contributed by atoms with van der Waals surface area (Å²) >= 11 is 6.29. The van der Waals surface area contributed by atoms with Gasteiger partial charge < -0.3 is 15.2 Å². The van der Waals surface area contributed by atoms with Crippen LogP contribution < -0.4 is 5.73 Å². The van der Waals surface area contributed by atoms with Crippen LogP contribution in [-0.2, 0) is 19.4 Å². The van der Waals surface area contributed by atoms with Gasteiger partial charge in [-0.3, -0.25) is 0 Å². The molecule has 2 heterocycles. The van der Waals surface area contributed by atoms with Gasteiger partial charge in [0.1, 0.15) is 5.65 Å². The van der Waals surface area contributed by atoms with Gasteiger partial charge >= 0.3 is 0 Å². The highest BCUT2D eigenvalue weighted by Gasteiger charge is 2.21. The number of anilines is 1. The molecule has 132 valence electrons. The van der Waals surface area contributed by atoms with E-state index >= 15 is 0 Å². The lowest BCUT2D eigenvalue weighted by atomic mass is 9.93. The Morgan fingerprint density at radius 3 is 2.84 bits per heavy atom. The molecule has 25 heavy (non-hydrogen) atoms. The minimum absolute atomic E-state index is 0.747. The van der Waals surface area contributed by atoms with Crippen molar-refractivity contribution in [3.05, 3.63) is 34.5 Å². The SMILES string of the molecule is CN(C)CCCn1c2ccc(Cl)cc2c2c(N)c3c(nc21)CCCC3. The predicted octanol–water partition coefficient (Wildman–Crippen LogP) is 4.26. The number of nitrogens with two attached hydrogens (primary N) is 1. The Morgan fingerprint density at radius 1 is 1.24 bits per heavy atom. The Morgan fingerprint density at radius 2 is 2.04 bits per heavy atom. The fourth-order valence-electron chi connectivity index (χ4n) is 4.05. The number of benzene rings is 1. The lowest BCUT2D eigenvalue weighted by Gasteiger charge is -2.18. The van der Waals surface area contributed by atoms with E-state index in [1.165, 1.54) is 29.6 Å². The summed E-state index contributed by atoms with van der Waals surface area (Å²) < 4.78 is 2.33. The summed E-state index contributed by atoms with van der Waals surface area (Å²) in [6, 6.07) is 6.10. The Labute approximate surface area is 153 Å². The zero-order valence-corrected chi connectivity index (χ0v) is 15.7. The fourth-order valence-corrected chi connectivity index (χ4v) is 4.22. The van der Waals surface area contributed by atoms with E-state index in [1.807, 2.05) is 12.1 Å². The summed E-state index contributed by atoms with van der Waals surface area (Å²) in [7, 11) is 4.22. The average molecular weight is 357 g/mol. The van der Waals surface area contributed by atoms with Gasteiger partial charge in [0.25, 0.3) is 0 Å². The van der Waals surface area contributed by atoms with Gasteiger partial charge in [-0.1, -0.05) is 11.6 Å². The van der Waals surface area contributed by atoms with Gasteiger partial charge in [0.15, 0.2) is 0 Å². The molecule has 1 aliphatic rings. The number of aromatic nitrogens is 2. The van der Waals surface area contributed by atoms with E-state index in [9.17, 15) is 0 Å². The van der Waals surface area contributed by atoms with Crippen molar-refractivity contribution in [1.82, 2.24) is 14.5 Å². The topological polar surface area (TPSA) is 47.1 Å². The van der Waals surface area contributed by atoms with Crippen LogP contribution in [0.25, 0.3) is 21.9 Å². The molecule has 4 nitrogen and oxygen atoms in total. The smallest absolute Gasteiger partial charge is 0.143 e. The van der Waals surface area contributed by atoms with Crippen molar-refractivity contribution >= 4 is 39.2 Å². The largest absolute Gasteiger partial charge is 0.398 e. The Hall–Kier alpha value is -1.78. The summed E-state index contributed by atoms with van der Waals surface area (Å²) in [5, 5.41) is 2.96. The highest BCUT2D eigenvalue weighted by atomic mass is 35.5. The van der Waals surface area contributed by atoms with Crippen LogP contribution in [0.3, 0.4) is 0 Å². The molecule has 0 saturated carbocycles. The number of nitrogens with zero attached hydrogens (tertiary/aromatic N) is 3. The highest BCUT2D eigenvalue weighted by molar-refractivity contribution is 6.32. The second kappa shape index (κ2) is 6.50. The van der Waals surface area contributed by atoms with Crippen LogP contribution in [0.1, 0.15) is 30.5 Å². The number of halogens is 1. The second-order valence-electron chi connectivity index (χ2n) is 7.33. The Kier molecular flexibility index (Phi) is 4.34. The van der Waals surface area contributed by atoms with E-state index in [2.05, 4.69) is 29.6 Å². The maximum Gasteiger partial charge on any atom is 0.143 e. The molecule has 0 bridgehead atoms. The molecule has 2 aromatic heterocycles. The molecule has 3 aromatic rings. The molecule has 0 atom stereocenters. The molecule has 0 radical (unpaired) electrons. The first-order chi connectivity index (χ1) is 12.1. The van der Waals surface area contributed by atoms with Crippen LogP contribution in [0.5, 0.6) is 0 Å². The molecular formula is C20H25ClN4. The summed E-state index contributed by atoms with van der Waals surface area (Å²) in [6.07, 6.45) is 5.56. The molecule has 2 N–H and O–H groups in total. The van der Waals surface area contributed by atoms with Gasteiger partial charge in [-0.2, -0.15) is 0 Å². The lowest BCUT2D eigenvalue weighted by Crippen LogP contribution is -2.15. The third-order valence-electron chi connectivity index (χ3n) is 5.26. The second-order valence-corrected chi connectivity index (χ2v) is 7.76. The average Bonchev–Trinajstić information content (AvgIpc) is 2.88. The maximum atomic E-state index is 6.64. The summed E-state index contributed by atoms with van der Waals surface area (Å²) in [6.45, 7) is 1.99. The van der Waals surface area contributed by atoms with Crippen molar-refractivity contribution in [2.24, 2.45) is 0 Å². The van der Waals surface area contributed by atoms with Gasteiger partial charge in [-0.05, 0) is 76.5 Å². The van der Waals surface area contributed by atoms with Crippen molar-refractivity contribution in [3.8, 4) is 0 Å². The van der Waals surface area contributed by atoms with Crippen LogP contribution in [0.15, 0.2) is 18.2 Å². The minimum Gasteiger partial charge on any atom is -0.398 e. The number of nitrogen functional groups attached to an aromatic ring is 1. The Bertz CT molecular complexity index is 942. The third kappa shape index (κ3) is 2.87. The molecule has 1 aliphatic carbocycles. The van der Waals surface area contributed by atoms with E-state index in [0.717, 1.165) is 59.5 Å². The van der Waals surface area contributed by atoms with Gasteiger partial charge in [-0.15, -0.1) is 0 Å². The van der Waals surface area contributed by atoms with E-state index in [-0.39, 0.29) is 0 Å². The first kappa shape index (κ1) is 16.7. The van der Waals surface area contributed by atoms with E-state index in [0.29, 0.717) is 0 Å². The number of hydrogen-bond acceptors (Lipinski definition) is 3. The molecule has 5 heteroatoms. The summed E-state index contributed by atoms with van der Waals surface area (Å²) in [5.74, 6) is 0. The van der Waals surface area contributed by atoms with Crippen molar-refractivity contribution in [1.29, 1.82) is 0 Å². The van der Waals surface area contributed by atoms with Gasteiger partial charge in [0, 0.05) is 28.3 Å². The maximum absolute atomic E-state index is 6.64.